The number of hydrogen-bond acceptors (Lipinski definition) is 4. The fraction of sp³-hybridized carbons (Fsp3) is 0.300. The quantitative estimate of drug-likeness (QED) is 0.656. The van der Waals surface area contributed by atoms with E-state index in [2.05, 4.69) is 11.4 Å². The smallest absolute Gasteiger partial charge is 0.262 e. The molecule has 0 radical (unpaired) electrons. The third-order valence-electron chi connectivity index (χ3n) is 4.36. The van der Waals surface area contributed by atoms with Crippen molar-refractivity contribution in [1.82, 2.24) is 5.32 Å². The molecule has 1 amide bonds. The van der Waals surface area contributed by atoms with Crippen LogP contribution in [0.3, 0.4) is 0 Å². The summed E-state index contributed by atoms with van der Waals surface area (Å²) in [5.41, 5.74) is 3.46. The van der Waals surface area contributed by atoms with Gasteiger partial charge < -0.3 is 10.1 Å². The van der Waals surface area contributed by atoms with Crippen LogP contribution in [0.1, 0.15) is 34.4 Å². The van der Waals surface area contributed by atoms with E-state index in [9.17, 15) is 10.1 Å². The van der Waals surface area contributed by atoms with E-state index in [-0.39, 0.29) is 11.5 Å². The maximum atomic E-state index is 12.3. The van der Waals surface area contributed by atoms with E-state index in [1.807, 2.05) is 29.6 Å². The van der Waals surface area contributed by atoms with Crippen LogP contribution in [0.5, 0.6) is 5.75 Å². The van der Waals surface area contributed by atoms with Crippen LogP contribution in [0.2, 0.25) is 0 Å². The molecule has 1 aliphatic rings. The summed E-state index contributed by atoms with van der Waals surface area (Å²) in [6.07, 6.45) is 6.08. The van der Waals surface area contributed by atoms with Gasteiger partial charge in [-0.1, -0.05) is 6.07 Å². The number of hydrogen-bond donors (Lipinski definition) is 1. The van der Waals surface area contributed by atoms with Gasteiger partial charge in [-0.3, -0.25) is 4.79 Å². The fourth-order valence-corrected chi connectivity index (χ4v) is 3.70. The number of methoxy groups -OCH3 is 1. The summed E-state index contributed by atoms with van der Waals surface area (Å²) in [5, 5.41) is 14.2. The Morgan fingerprint density at radius 1 is 1.36 bits per heavy atom. The van der Waals surface area contributed by atoms with Crippen LogP contribution in [-0.4, -0.2) is 13.0 Å². The number of rotatable bonds is 5. The van der Waals surface area contributed by atoms with Crippen molar-refractivity contribution in [2.24, 2.45) is 0 Å². The van der Waals surface area contributed by atoms with Crippen LogP contribution in [0.15, 0.2) is 35.2 Å². The summed E-state index contributed by atoms with van der Waals surface area (Å²) < 4.78 is 5.47. The average molecular weight is 352 g/mol. The summed E-state index contributed by atoms with van der Waals surface area (Å²) in [5.74, 6) is 0.343. The fourth-order valence-electron chi connectivity index (χ4n) is 3.05. The SMILES string of the molecule is COc1cc2c(cc1/C=C(/C#N)C(=O)NCc1cccs1)CCCC2. The zero-order chi connectivity index (χ0) is 17.6. The van der Waals surface area contributed by atoms with Crippen molar-refractivity contribution in [3.8, 4) is 11.8 Å². The molecule has 1 N–H and O–H groups in total. The van der Waals surface area contributed by atoms with Gasteiger partial charge in [0.15, 0.2) is 0 Å². The Morgan fingerprint density at radius 2 is 2.12 bits per heavy atom. The number of amides is 1. The van der Waals surface area contributed by atoms with Crippen LogP contribution >= 0.6 is 11.3 Å². The lowest BCUT2D eigenvalue weighted by atomic mass is 9.89. The number of fused-ring (bicyclic) bond motifs is 1. The third-order valence-corrected chi connectivity index (χ3v) is 5.24. The number of nitrogens with one attached hydrogen (secondary N) is 1. The van der Waals surface area contributed by atoms with Gasteiger partial charge >= 0.3 is 0 Å². The number of benzene rings is 1. The Balaban J connectivity index is 1.83. The van der Waals surface area contributed by atoms with Gasteiger partial charge in [0.05, 0.1) is 13.7 Å². The van der Waals surface area contributed by atoms with Gasteiger partial charge in [0, 0.05) is 10.4 Å². The van der Waals surface area contributed by atoms with Gasteiger partial charge in [-0.05, 0) is 66.5 Å². The van der Waals surface area contributed by atoms with E-state index in [1.165, 1.54) is 24.0 Å². The molecule has 0 saturated carbocycles. The third kappa shape index (κ3) is 4.09. The Labute approximate surface area is 151 Å². The highest BCUT2D eigenvalue weighted by Gasteiger charge is 2.15. The first kappa shape index (κ1) is 17.2. The highest BCUT2D eigenvalue weighted by Crippen LogP contribution is 2.30. The van der Waals surface area contributed by atoms with E-state index >= 15 is 0 Å². The molecule has 4 nitrogen and oxygen atoms in total. The Bertz CT molecular complexity index is 832. The first-order valence-electron chi connectivity index (χ1n) is 8.33. The van der Waals surface area contributed by atoms with Gasteiger partial charge in [0.2, 0.25) is 0 Å². The molecule has 0 saturated heterocycles. The van der Waals surface area contributed by atoms with Crippen LogP contribution in [0, 0.1) is 11.3 Å². The largest absolute Gasteiger partial charge is 0.496 e. The molecule has 128 valence electrons. The molecule has 0 fully saturated rings. The van der Waals surface area contributed by atoms with Gasteiger partial charge in [0.25, 0.3) is 5.91 Å². The second kappa shape index (κ2) is 8.00. The van der Waals surface area contributed by atoms with E-state index in [0.29, 0.717) is 12.3 Å². The van der Waals surface area contributed by atoms with Crippen molar-refractivity contribution in [2.45, 2.75) is 32.2 Å². The maximum absolute atomic E-state index is 12.3. The molecule has 5 heteroatoms. The van der Waals surface area contributed by atoms with Crippen LogP contribution in [-0.2, 0) is 24.2 Å². The van der Waals surface area contributed by atoms with Gasteiger partial charge in [-0.2, -0.15) is 5.26 Å². The van der Waals surface area contributed by atoms with Gasteiger partial charge in [-0.25, -0.2) is 0 Å². The number of thiophene rings is 1. The molecule has 0 atom stereocenters. The first-order chi connectivity index (χ1) is 12.2. The van der Waals surface area contributed by atoms with Gasteiger partial charge in [-0.15, -0.1) is 11.3 Å². The summed E-state index contributed by atoms with van der Waals surface area (Å²) in [6, 6.07) is 9.99. The summed E-state index contributed by atoms with van der Waals surface area (Å²) in [6.45, 7) is 0.427. The summed E-state index contributed by atoms with van der Waals surface area (Å²) in [7, 11) is 1.62. The topological polar surface area (TPSA) is 62.1 Å². The summed E-state index contributed by atoms with van der Waals surface area (Å²) >= 11 is 1.57. The lowest BCUT2D eigenvalue weighted by molar-refractivity contribution is -0.117. The highest BCUT2D eigenvalue weighted by molar-refractivity contribution is 7.09. The van der Waals surface area contributed by atoms with Crippen molar-refractivity contribution in [1.29, 1.82) is 5.26 Å². The monoisotopic (exact) mass is 352 g/mol. The van der Waals surface area contributed by atoms with E-state index in [1.54, 1.807) is 24.5 Å². The standard InChI is InChI=1S/C20H20N2O2S/c1-24-19-11-15-6-3-2-5-14(15)9-16(19)10-17(12-21)20(23)22-13-18-7-4-8-25-18/h4,7-11H,2-3,5-6,13H2,1H3,(H,22,23)/b17-10-. The minimum absolute atomic E-state index is 0.0885. The van der Waals surface area contributed by atoms with Crippen LogP contribution < -0.4 is 10.1 Å². The van der Waals surface area contributed by atoms with Crippen molar-refractivity contribution in [3.05, 3.63) is 56.8 Å². The average Bonchev–Trinajstić information content (AvgIpc) is 3.17. The van der Waals surface area contributed by atoms with Gasteiger partial charge in [0.1, 0.15) is 17.4 Å². The number of carbonyl (C=O) groups excluding carboxylic acids is 1. The van der Waals surface area contributed by atoms with Crippen molar-refractivity contribution >= 4 is 23.3 Å². The molecule has 1 aliphatic carbocycles. The van der Waals surface area contributed by atoms with Crippen molar-refractivity contribution in [2.75, 3.05) is 7.11 Å². The van der Waals surface area contributed by atoms with Crippen molar-refractivity contribution < 1.29 is 9.53 Å². The normalized spacial score (nSPS) is 13.7. The second-order valence-corrected chi connectivity index (χ2v) is 7.03. The zero-order valence-electron chi connectivity index (χ0n) is 14.2. The van der Waals surface area contributed by atoms with Crippen LogP contribution in [0.4, 0.5) is 0 Å². The number of nitrogens with zero attached hydrogens (tertiary/aromatic N) is 1. The molecule has 1 aromatic heterocycles. The Morgan fingerprint density at radius 3 is 2.76 bits per heavy atom. The molecule has 3 rings (SSSR count). The molecule has 1 heterocycles. The lowest BCUT2D eigenvalue weighted by Gasteiger charge is -2.18. The Kier molecular flexibility index (Phi) is 5.52. The molecule has 2 aromatic rings. The molecular weight excluding hydrogens is 332 g/mol. The van der Waals surface area contributed by atoms with E-state index in [4.69, 9.17) is 4.74 Å². The Hall–Kier alpha value is -2.58. The molecule has 0 spiro atoms. The predicted octanol–water partition coefficient (Wildman–Crippen LogP) is 3.86. The first-order valence-corrected chi connectivity index (χ1v) is 9.21. The molecule has 0 bridgehead atoms. The second-order valence-electron chi connectivity index (χ2n) is 6.00. The van der Waals surface area contributed by atoms with E-state index < -0.39 is 0 Å². The molecule has 0 aliphatic heterocycles. The van der Waals surface area contributed by atoms with Crippen LogP contribution in [0.25, 0.3) is 6.08 Å². The number of carbonyl (C=O) groups is 1. The minimum atomic E-state index is -0.365. The predicted molar refractivity (Wildman–Crippen MR) is 99.4 cm³/mol. The van der Waals surface area contributed by atoms with E-state index in [0.717, 1.165) is 23.3 Å². The minimum Gasteiger partial charge on any atom is -0.496 e. The molecular formula is C20H20N2O2S. The molecule has 0 unspecified atom stereocenters. The summed E-state index contributed by atoms with van der Waals surface area (Å²) in [4.78, 5) is 13.4. The maximum Gasteiger partial charge on any atom is 0.262 e. The number of ether oxygens (including phenoxy) is 1. The number of nitriles is 1. The molecule has 1 aromatic carbocycles. The number of aryl methyl sites for hydroxylation is 2. The zero-order valence-corrected chi connectivity index (χ0v) is 15.0. The van der Waals surface area contributed by atoms with Crippen molar-refractivity contribution in [3.63, 3.8) is 0 Å². The lowest BCUT2D eigenvalue weighted by Crippen LogP contribution is -2.23. The molecule has 25 heavy (non-hydrogen) atoms. The highest BCUT2D eigenvalue weighted by atomic mass is 32.1.